The fourth-order valence-electron chi connectivity index (χ4n) is 3.78. The molecule has 1 aliphatic rings. The molecule has 5 atom stereocenters. The molecule has 0 bridgehead atoms. The van der Waals surface area contributed by atoms with Crippen molar-refractivity contribution in [2.75, 3.05) is 13.7 Å². The third-order valence-electron chi connectivity index (χ3n) is 5.45. The van der Waals surface area contributed by atoms with Crippen molar-refractivity contribution in [2.24, 2.45) is 5.92 Å². The highest BCUT2D eigenvalue weighted by Gasteiger charge is 2.52. The van der Waals surface area contributed by atoms with Crippen molar-refractivity contribution >= 4 is 0 Å². The highest BCUT2D eigenvalue weighted by atomic mass is 16.5. The second-order valence-corrected chi connectivity index (χ2v) is 7.22. The number of benzene rings is 2. The fraction of sp³-hybridized carbons (Fsp3) is 0.429. The van der Waals surface area contributed by atoms with E-state index in [1.54, 1.807) is 25.3 Å². The van der Waals surface area contributed by atoms with Crippen LogP contribution < -0.4 is 4.74 Å². The first-order chi connectivity index (χ1) is 12.9. The van der Waals surface area contributed by atoms with Gasteiger partial charge in [-0.2, -0.15) is 0 Å². The Labute approximate surface area is 158 Å². The molecule has 1 aliphatic carbocycles. The van der Waals surface area contributed by atoms with Crippen molar-refractivity contribution in [1.29, 1.82) is 0 Å². The number of ether oxygens (including phenoxy) is 1. The van der Waals surface area contributed by atoms with Gasteiger partial charge < -0.3 is 30.3 Å². The Hall–Kier alpha value is -1.96. The first-order valence-electron chi connectivity index (χ1n) is 8.99. The molecular weight excluding hydrogens is 348 g/mol. The number of rotatable bonds is 5. The van der Waals surface area contributed by atoms with E-state index in [4.69, 9.17) is 4.74 Å². The van der Waals surface area contributed by atoms with Crippen molar-refractivity contribution in [3.63, 3.8) is 0 Å². The molecule has 3 rings (SSSR count). The monoisotopic (exact) mass is 374 g/mol. The SMILES string of the molecule is COc1ccc(Cc2cccc([C@]3(O)C[C@H](CO)[C@@H](O)C(O)[C@H]3O)c2)cc1. The fourth-order valence-corrected chi connectivity index (χ4v) is 3.78. The average Bonchev–Trinajstić information content (AvgIpc) is 2.70. The summed E-state index contributed by atoms with van der Waals surface area (Å²) in [6.07, 6.45) is -3.79. The molecule has 0 aliphatic heterocycles. The highest BCUT2D eigenvalue weighted by Crippen LogP contribution is 2.40. The summed E-state index contributed by atoms with van der Waals surface area (Å²) in [5.74, 6) is 0.0494. The average molecular weight is 374 g/mol. The minimum absolute atomic E-state index is 0.0467. The van der Waals surface area contributed by atoms with Gasteiger partial charge in [0, 0.05) is 12.5 Å². The number of aliphatic hydroxyl groups is 5. The molecule has 6 heteroatoms. The third-order valence-corrected chi connectivity index (χ3v) is 5.45. The molecule has 5 N–H and O–H groups in total. The van der Waals surface area contributed by atoms with Crippen LogP contribution in [0.2, 0.25) is 0 Å². The normalized spacial score (nSPS) is 30.9. The zero-order valence-corrected chi connectivity index (χ0v) is 15.2. The van der Waals surface area contributed by atoms with Gasteiger partial charge in [-0.05, 0) is 41.7 Å². The van der Waals surface area contributed by atoms with Gasteiger partial charge in [0.15, 0.2) is 0 Å². The molecule has 0 heterocycles. The van der Waals surface area contributed by atoms with E-state index in [0.717, 1.165) is 16.9 Å². The molecular formula is C21H26O6. The Morgan fingerprint density at radius 2 is 1.70 bits per heavy atom. The quantitative estimate of drug-likeness (QED) is 0.523. The Bertz CT molecular complexity index is 760. The topological polar surface area (TPSA) is 110 Å². The molecule has 0 aromatic heterocycles. The van der Waals surface area contributed by atoms with E-state index >= 15 is 0 Å². The maximum absolute atomic E-state index is 11.1. The van der Waals surface area contributed by atoms with Gasteiger partial charge in [0.2, 0.25) is 0 Å². The second-order valence-electron chi connectivity index (χ2n) is 7.22. The van der Waals surface area contributed by atoms with Crippen LogP contribution in [0, 0.1) is 5.92 Å². The lowest BCUT2D eigenvalue weighted by Gasteiger charge is -2.46. The van der Waals surface area contributed by atoms with Gasteiger partial charge in [0.05, 0.1) is 13.2 Å². The van der Waals surface area contributed by atoms with E-state index < -0.39 is 36.4 Å². The number of methoxy groups -OCH3 is 1. The second kappa shape index (κ2) is 7.96. The van der Waals surface area contributed by atoms with Crippen LogP contribution in [0.3, 0.4) is 0 Å². The Kier molecular flexibility index (Phi) is 5.83. The number of hydrogen-bond donors (Lipinski definition) is 5. The van der Waals surface area contributed by atoms with Gasteiger partial charge in [0.25, 0.3) is 0 Å². The van der Waals surface area contributed by atoms with Gasteiger partial charge in [-0.25, -0.2) is 0 Å². The minimum atomic E-state index is -1.75. The van der Waals surface area contributed by atoms with Crippen LogP contribution in [-0.2, 0) is 12.0 Å². The summed E-state index contributed by atoms with van der Waals surface area (Å²) >= 11 is 0. The van der Waals surface area contributed by atoms with Crippen molar-refractivity contribution < 1.29 is 30.3 Å². The highest BCUT2D eigenvalue weighted by molar-refractivity contribution is 5.35. The molecule has 27 heavy (non-hydrogen) atoms. The summed E-state index contributed by atoms with van der Waals surface area (Å²) in [6.45, 7) is -0.390. The van der Waals surface area contributed by atoms with Crippen LogP contribution in [0.5, 0.6) is 5.75 Å². The lowest BCUT2D eigenvalue weighted by molar-refractivity contribution is -0.213. The molecule has 6 nitrogen and oxygen atoms in total. The Morgan fingerprint density at radius 3 is 2.33 bits per heavy atom. The minimum Gasteiger partial charge on any atom is -0.497 e. The summed E-state index contributed by atoms with van der Waals surface area (Å²) in [5, 5.41) is 51.1. The third kappa shape index (κ3) is 3.85. The van der Waals surface area contributed by atoms with Crippen molar-refractivity contribution in [3.05, 3.63) is 65.2 Å². The molecule has 2 aromatic rings. The summed E-state index contributed by atoms with van der Waals surface area (Å²) in [7, 11) is 1.61. The lowest BCUT2D eigenvalue weighted by Crippen LogP contribution is -2.59. The molecule has 1 saturated carbocycles. The Morgan fingerprint density at radius 1 is 1.00 bits per heavy atom. The molecule has 0 amide bonds. The van der Waals surface area contributed by atoms with Crippen molar-refractivity contribution in [2.45, 2.75) is 36.8 Å². The van der Waals surface area contributed by atoms with E-state index in [-0.39, 0.29) is 6.42 Å². The molecule has 2 aromatic carbocycles. The molecule has 0 saturated heterocycles. The van der Waals surface area contributed by atoms with Crippen molar-refractivity contribution in [3.8, 4) is 5.75 Å². The predicted molar refractivity (Wildman–Crippen MR) is 99.4 cm³/mol. The van der Waals surface area contributed by atoms with Gasteiger partial charge in [-0.15, -0.1) is 0 Å². The van der Waals surface area contributed by atoms with Crippen LogP contribution in [0.4, 0.5) is 0 Å². The molecule has 1 unspecified atom stereocenters. The summed E-state index contributed by atoms with van der Waals surface area (Å²) in [5.41, 5.74) is 0.694. The zero-order chi connectivity index (χ0) is 19.6. The lowest BCUT2D eigenvalue weighted by atomic mass is 9.69. The van der Waals surface area contributed by atoms with Gasteiger partial charge >= 0.3 is 0 Å². The van der Waals surface area contributed by atoms with E-state index in [1.807, 2.05) is 30.3 Å². The van der Waals surface area contributed by atoms with E-state index in [0.29, 0.717) is 12.0 Å². The first kappa shape index (κ1) is 19.8. The van der Waals surface area contributed by atoms with Crippen molar-refractivity contribution in [1.82, 2.24) is 0 Å². The predicted octanol–water partition coefficient (Wildman–Crippen LogP) is 0.568. The van der Waals surface area contributed by atoms with Gasteiger partial charge in [-0.3, -0.25) is 0 Å². The van der Waals surface area contributed by atoms with Crippen LogP contribution >= 0.6 is 0 Å². The van der Waals surface area contributed by atoms with E-state index in [2.05, 4.69) is 0 Å². The summed E-state index contributed by atoms with van der Waals surface area (Å²) in [6, 6.07) is 14.8. The molecule has 1 fully saturated rings. The molecule has 0 spiro atoms. The van der Waals surface area contributed by atoms with Crippen LogP contribution in [0.15, 0.2) is 48.5 Å². The van der Waals surface area contributed by atoms with Crippen LogP contribution in [-0.4, -0.2) is 57.6 Å². The maximum Gasteiger partial charge on any atom is 0.118 e. The smallest absolute Gasteiger partial charge is 0.118 e. The van der Waals surface area contributed by atoms with E-state index in [1.165, 1.54) is 0 Å². The molecule has 146 valence electrons. The summed E-state index contributed by atoms with van der Waals surface area (Å²) in [4.78, 5) is 0. The van der Waals surface area contributed by atoms with Crippen LogP contribution in [0.25, 0.3) is 0 Å². The van der Waals surface area contributed by atoms with E-state index in [9.17, 15) is 25.5 Å². The maximum atomic E-state index is 11.1. The largest absolute Gasteiger partial charge is 0.497 e. The zero-order valence-electron chi connectivity index (χ0n) is 15.2. The number of aliphatic hydroxyl groups excluding tert-OH is 4. The van der Waals surface area contributed by atoms with Gasteiger partial charge in [-0.1, -0.05) is 36.4 Å². The van der Waals surface area contributed by atoms with Crippen LogP contribution in [0.1, 0.15) is 23.1 Å². The number of hydrogen-bond acceptors (Lipinski definition) is 6. The standard InChI is InChI=1S/C21H26O6/c1-27-17-7-5-13(6-8-17)9-14-3-2-4-16(10-14)21(26)11-15(12-22)18(23)19(24)20(21)25/h2-8,10,15,18-20,22-26H,9,11-12H2,1H3/t15-,18-,19?,20-,21-/m1/s1. The first-order valence-corrected chi connectivity index (χ1v) is 8.99. The summed E-state index contributed by atoms with van der Waals surface area (Å²) < 4.78 is 5.16. The van der Waals surface area contributed by atoms with Gasteiger partial charge in [0.1, 0.15) is 23.6 Å². The molecule has 0 radical (unpaired) electrons. The Balaban J connectivity index is 1.87.